The predicted octanol–water partition coefficient (Wildman–Crippen LogP) is 1.08. The van der Waals surface area contributed by atoms with Gasteiger partial charge in [0.25, 0.3) is 0 Å². The zero-order valence-electron chi connectivity index (χ0n) is 8.34. The van der Waals surface area contributed by atoms with E-state index in [2.05, 4.69) is 10.2 Å². The smallest absolute Gasteiger partial charge is 0.0136 e. The average Bonchev–Trinajstić information content (AvgIpc) is 2.18. The van der Waals surface area contributed by atoms with Crippen LogP contribution in [-0.2, 0) is 0 Å². The largest absolute Gasteiger partial charge is 0.316 e. The van der Waals surface area contributed by atoms with Gasteiger partial charge >= 0.3 is 0 Å². The van der Waals surface area contributed by atoms with E-state index >= 15 is 0 Å². The highest BCUT2D eigenvalue weighted by Gasteiger charge is 2.38. The van der Waals surface area contributed by atoms with Crippen LogP contribution in [0.3, 0.4) is 0 Å². The summed E-state index contributed by atoms with van der Waals surface area (Å²) < 4.78 is 0. The highest BCUT2D eigenvalue weighted by Crippen LogP contribution is 2.34. The molecule has 3 atom stereocenters. The van der Waals surface area contributed by atoms with Crippen LogP contribution in [0, 0.1) is 11.8 Å². The van der Waals surface area contributed by atoms with Crippen molar-refractivity contribution >= 4 is 0 Å². The Labute approximate surface area is 80.7 Å². The predicted molar refractivity (Wildman–Crippen MR) is 53.7 cm³/mol. The molecule has 2 bridgehead atoms. The third-order valence-corrected chi connectivity index (χ3v) is 4.18. The lowest BCUT2D eigenvalue weighted by atomic mass is 9.77. The fraction of sp³-hybridized carbons (Fsp3) is 1.00. The van der Waals surface area contributed by atoms with Crippen LogP contribution in [-0.4, -0.2) is 37.1 Å². The van der Waals surface area contributed by atoms with Gasteiger partial charge in [-0.25, -0.2) is 0 Å². The summed E-state index contributed by atoms with van der Waals surface area (Å²) in [4.78, 5) is 2.78. The highest BCUT2D eigenvalue weighted by atomic mass is 15.2. The van der Waals surface area contributed by atoms with Gasteiger partial charge in [0.1, 0.15) is 0 Å². The minimum atomic E-state index is 0.942. The van der Waals surface area contributed by atoms with Gasteiger partial charge in [-0.15, -0.1) is 0 Å². The van der Waals surface area contributed by atoms with Gasteiger partial charge in [-0.1, -0.05) is 6.42 Å². The lowest BCUT2D eigenvalue weighted by Crippen LogP contribution is -2.58. The van der Waals surface area contributed by atoms with Crippen molar-refractivity contribution in [3.05, 3.63) is 0 Å². The average molecular weight is 180 g/mol. The van der Waals surface area contributed by atoms with Gasteiger partial charge in [0.05, 0.1) is 0 Å². The Kier molecular flexibility index (Phi) is 2.06. The van der Waals surface area contributed by atoms with Crippen molar-refractivity contribution in [3.8, 4) is 0 Å². The Morgan fingerprint density at radius 3 is 3.15 bits per heavy atom. The Morgan fingerprint density at radius 1 is 1.15 bits per heavy atom. The first-order chi connectivity index (χ1) is 6.43. The van der Waals surface area contributed by atoms with Crippen molar-refractivity contribution in [2.75, 3.05) is 26.2 Å². The lowest BCUT2D eigenvalue weighted by molar-refractivity contribution is 0.0109. The number of nitrogens with zero attached hydrogens (tertiary/aromatic N) is 1. The molecule has 3 rings (SSSR count). The molecule has 2 heteroatoms. The van der Waals surface area contributed by atoms with Gasteiger partial charge in [-0.2, -0.15) is 0 Å². The number of nitrogens with one attached hydrogen (secondary N) is 1. The van der Waals surface area contributed by atoms with Crippen molar-refractivity contribution < 1.29 is 0 Å². The van der Waals surface area contributed by atoms with E-state index in [4.69, 9.17) is 0 Å². The first-order valence-electron chi connectivity index (χ1n) is 5.88. The molecule has 0 aromatic carbocycles. The van der Waals surface area contributed by atoms with E-state index in [0.29, 0.717) is 0 Å². The molecule has 74 valence electrons. The number of fused-ring (bicyclic) bond motifs is 4. The summed E-state index contributed by atoms with van der Waals surface area (Å²) in [6, 6.07) is 0.942. The Morgan fingerprint density at radius 2 is 2.15 bits per heavy atom. The molecule has 0 saturated carbocycles. The maximum Gasteiger partial charge on any atom is 0.0136 e. The molecule has 0 spiro atoms. The monoisotopic (exact) mass is 180 g/mol. The summed E-state index contributed by atoms with van der Waals surface area (Å²) >= 11 is 0. The van der Waals surface area contributed by atoms with E-state index in [1.807, 2.05) is 0 Å². The van der Waals surface area contributed by atoms with Gasteiger partial charge in [0, 0.05) is 12.6 Å². The van der Waals surface area contributed by atoms with Gasteiger partial charge in [-0.3, -0.25) is 4.90 Å². The molecular weight excluding hydrogens is 160 g/mol. The maximum atomic E-state index is 3.59. The van der Waals surface area contributed by atoms with Crippen molar-refractivity contribution in [2.45, 2.75) is 31.7 Å². The second-order valence-electron chi connectivity index (χ2n) is 5.08. The van der Waals surface area contributed by atoms with Crippen molar-refractivity contribution in [1.29, 1.82) is 0 Å². The molecular formula is C11H20N2. The van der Waals surface area contributed by atoms with Crippen LogP contribution in [0.15, 0.2) is 0 Å². The summed E-state index contributed by atoms with van der Waals surface area (Å²) in [6.45, 7) is 5.34. The molecule has 2 nitrogen and oxygen atoms in total. The van der Waals surface area contributed by atoms with Gasteiger partial charge < -0.3 is 5.32 Å². The van der Waals surface area contributed by atoms with E-state index in [1.54, 1.807) is 0 Å². The normalized spacial score (nSPS) is 45.7. The molecule has 13 heavy (non-hydrogen) atoms. The third-order valence-electron chi connectivity index (χ3n) is 4.18. The van der Waals surface area contributed by atoms with Crippen molar-refractivity contribution in [3.63, 3.8) is 0 Å². The quantitative estimate of drug-likeness (QED) is 0.600. The van der Waals surface area contributed by atoms with Crippen LogP contribution in [0.2, 0.25) is 0 Å². The van der Waals surface area contributed by atoms with Crippen molar-refractivity contribution in [2.24, 2.45) is 11.8 Å². The van der Waals surface area contributed by atoms with E-state index in [-0.39, 0.29) is 0 Å². The van der Waals surface area contributed by atoms with Crippen LogP contribution in [0.1, 0.15) is 25.7 Å². The zero-order valence-corrected chi connectivity index (χ0v) is 8.34. The van der Waals surface area contributed by atoms with E-state index in [9.17, 15) is 0 Å². The van der Waals surface area contributed by atoms with Crippen LogP contribution in [0.25, 0.3) is 0 Å². The molecule has 0 amide bonds. The number of hydrogen-bond donors (Lipinski definition) is 1. The SMILES string of the molecule is C1CCN2C[C@@H]3CNC[C@@H](C3)[C@@H]2C1. The third kappa shape index (κ3) is 1.40. The summed E-state index contributed by atoms with van der Waals surface area (Å²) in [5.41, 5.74) is 0. The van der Waals surface area contributed by atoms with Crippen LogP contribution >= 0.6 is 0 Å². The molecule has 0 aromatic rings. The fourth-order valence-corrected chi connectivity index (χ4v) is 3.61. The lowest BCUT2D eigenvalue weighted by Gasteiger charge is -2.50. The van der Waals surface area contributed by atoms with E-state index < -0.39 is 0 Å². The maximum absolute atomic E-state index is 3.59. The Hall–Kier alpha value is -0.0800. The molecule has 3 aliphatic heterocycles. The van der Waals surface area contributed by atoms with Crippen LogP contribution < -0.4 is 5.32 Å². The topological polar surface area (TPSA) is 15.3 Å². The van der Waals surface area contributed by atoms with Crippen LogP contribution in [0.4, 0.5) is 0 Å². The summed E-state index contributed by atoms with van der Waals surface area (Å²) in [7, 11) is 0. The molecule has 0 radical (unpaired) electrons. The second kappa shape index (κ2) is 3.25. The van der Waals surface area contributed by atoms with E-state index in [0.717, 1.165) is 17.9 Å². The second-order valence-corrected chi connectivity index (χ2v) is 5.08. The molecule has 0 aliphatic carbocycles. The molecule has 1 N–H and O–H groups in total. The Bertz CT molecular complexity index is 189. The molecule has 0 unspecified atom stereocenters. The van der Waals surface area contributed by atoms with E-state index in [1.165, 1.54) is 51.9 Å². The van der Waals surface area contributed by atoms with Gasteiger partial charge in [0.15, 0.2) is 0 Å². The standard InChI is InChI=1S/C11H20N2/c1-2-4-13-8-9-5-10(7-12-6-9)11(13)3-1/h9-12H,1-8H2/t9-,10+,11-/m0/s1. The fourth-order valence-electron chi connectivity index (χ4n) is 3.61. The number of hydrogen-bond acceptors (Lipinski definition) is 2. The van der Waals surface area contributed by atoms with Gasteiger partial charge in [-0.05, 0) is 50.7 Å². The van der Waals surface area contributed by atoms with Crippen molar-refractivity contribution in [1.82, 2.24) is 10.2 Å². The first-order valence-corrected chi connectivity index (χ1v) is 5.88. The first kappa shape index (κ1) is 8.25. The molecule has 3 saturated heterocycles. The summed E-state index contributed by atoms with van der Waals surface area (Å²) in [5.74, 6) is 1.95. The zero-order chi connectivity index (χ0) is 8.67. The minimum absolute atomic E-state index is 0.942. The molecule has 0 aromatic heterocycles. The molecule has 3 fully saturated rings. The Balaban J connectivity index is 1.77. The van der Waals surface area contributed by atoms with Gasteiger partial charge in [0.2, 0.25) is 0 Å². The summed E-state index contributed by atoms with van der Waals surface area (Å²) in [5, 5.41) is 3.59. The minimum Gasteiger partial charge on any atom is -0.316 e. The van der Waals surface area contributed by atoms with Crippen LogP contribution in [0.5, 0.6) is 0 Å². The molecule has 3 aliphatic rings. The number of piperidine rings is 3. The molecule has 3 heterocycles. The number of rotatable bonds is 0. The highest BCUT2D eigenvalue weighted by molar-refractivity contribution is 4.94. The summed E-state index contributed by atoms with van der Waals surface area (Å²) in [6.07, 6.45) is 5.90.